The second kappa shape index (κ2) is 6.72. The Bertz CT molecular complexity index is 513. The van der Waals surface area contributed by atoms with Crippen molar-refractivity contribution < 1.29 is 14.3 Å². The molecule has 0 spiro atoms. The van der Waals surface area contributed by atoms with E-state index in [1.54, 1.807) is 0 Å². The van der Waals surface area contributed by atoms with Gasteiger partial charge >= 0.3 is 6.09 Å². The second-order valence-electron chi connectivity index (χ2n) is 5.52. The predicted octanol–water partition coefficient (Wildman–Crippen LogP) is 2.00. The number of rotatable bonds is 4. The van der Waals surface area contributed by atoms with E-state index < -0.39 is 6.09 Å². The molecule has 1 saturated heterocycles. The summed E-state index contributed by atoms with van der Waals surface area (Å²) in [4.78, 5) is 25.8. The van der Waals surface area contributed by atoms with E-state index in [2.05, 4.69) is 15.0 Å². The van der Waals surface area contributed by atoms with Crippen molar-refractivity contribution in [2.24, 2.45) is 0 Å². The minimum atomic E-state index is -0.417. The molecule has 1 aliphatic rings. The Labute approximate surface area is 125 Å². The van der Waals surface area contributed by atoms with Gasteiger partial charge in [-0.15, -0.1) is 0 Å². The number of Topliss-reactive ketones (excluding diaryl/α,β-unsaturated/α-hetero) is 1. The zero-order chi connectivity index (χ0) is 15.4. The molecule has 1 aromatic carbocycles. The summed E-state index contributed by atoms with van der Waals surface area (Å²) in [5.41, 5.74) is 1.88. The molecule has 0 aromatic heterocycles. The first-order valence-corrected chi connectivity index (χ1v) is 7.20. The van der Waals surface area contributed by atoms with Crippen LogP contribution in [0.15, 0.2) is 24.3 Å². The number of carbonyl (C=O) groups is 2. The van der Waals surface area contributed by atoms with Crippen molar-refractivity contribution in [3.63, 3.8) is 0 Å². The number of benzene rings is 1. The Hall–Kier alpha value is -1.88. The molecule has 21 heavy (non-hydrogen) atoms. The van der Waals surface area contributed by atoms with Crippen LogP contribution in [0, 0.1) is 6.92 Å². The molecule has 0 bridgehead atoms. The monoisotopic (exact) mass is 290 g/mol. The van der Waals surface area contributed by atoms with E-state index in [1.165, 1.54) is 7.11 Å². The number of ether oxygens (including phenoxy) is 1. The summed E-state index contributed by atoms with van der Waals surface area (Å²) in [5.74, 6) is 0.119. The zero-order valence-electron chi connectivity index (χ0n) is 12.8. The van der Waals surface area contributed by atoms with E-state index in [1.807, 2.05) is 38.1 Å². The molecule has 1 aromatic rings. The fourth-order valence-electron chi connectivity index (χ4n) is 2.61. The molecule has 0 aliphatic carbocycles. The minimum absolute atomic E-state index is 0.0470. The molecule has 2 atom stereocenters. The number of hydrogen-bond acceptors (Lipinski definition) is 4. The highest BCUT2D eigenvalue weighted by atomic mass is 16.5. The normalized spacial score (nSPS) is 20.0. The van der Waals surface area contributed by atoms with Crippen LogP contribution in [0.25, 0.3) is 0 Å². The van der Waals surface area contributed by atoms with Gasteiger partial charge in [0.05, 0.1) is 13.2 Å². The number of aryl methyl sites for hydroxylation is 1. The number of likely N-dealkylation sites (tertiary alicyclic amines) is 1. The highest BCUT2D eigenvalue weighted by Gasteiger charge is 2.30. The van der Waals surface area contributed by atoms with E-state index >= 15 is 0 Å². The van der Waals surface area contributed by atoms with Crippen molar-refractivity contribution in [3.05, 3.63) is 35.4 Å². The van der Waals surface area contributed by atoms with Crippen LogP contribution in [0.2, 0.25) is 0 Å². The Balaban J connectivity index is 1.94. The Morgan fingerprint density at radius 3 is 2.62 bits per heavy atom. The van der Waals surface area contributed by atoms with Gasteiger partial charge < -0.3 is 10.1 Å². The van der Waals surface area contributed by atoms with Crippen molar-refractivity contribution in [3.8, 4) is 0 Å². The largest absolute Gasteiger partial charge is 0.453 e. The van der Waals surface area contributed by atoms with E-state index in [0.717, 1.165) is 24.1 Å². The van der Waals surface area contributed by atoms with Gasteiger partial charge in [0.25, 0.3) is 0 Å². The molecule has 114 valence electrons. The van der Waals surface area contributed by atoms with Crippen molar-refractivity contribution >= 4 is 11.9 Å². The summed E-state index contributed by atoms with van der Waals surface area (Å²) in [7, 11) is 1.35. The van der Waals surface area contributed by atoms with Crippen LogP contribution in [0.1, 0.15) is 29.3 Å². The number of ketones is 1. The number of nitrogens with zero attached hydrogens (tertiary/aromatic N) is 1. The van der Waals surface area contributed by atoms with Crippen LogP contribution in [0.3, 0.4) is 0 Å². The lowest BCUT2D eigenvalue weighted by Crippen LogP contribution is -2.41. The molecular formula is C16H22N2O3. The number of amides is 1. The quantitative estimate of drug-likeness (QED) is 0.862. The lowest BCUT2D eigenvalue weighted by atomic mass is 10.0. The molecule has 1 N–H and O–H groups in total. The highest BCUT2D eigenvalue weighted by Crippen LogP contribution is 2.16. The summed E-state index contributed by atoms with van der Waals surface area (Å²) < 4.78 is 4.60. The zero-order valence-corrected chi connectivity index (χ0v) is 12.8. The van der Waals surface area contributed by atoms with E-state index in [0.29, 0.717) is 6.54 Å². The van der Waals surface area contributed by atoms with E-state index in [4.69, 9.17) is 0 Å². The molecule has 0 radical (unpaired) electrons. The number of methoxy groups -OCH3 is 1. The van der Waals surface area contributed by atoms with Crippen molar-refractivity contribution in [2.75, 3.05) is 20.2 Å². The van der Waals surface area contributed by atoms with Gasteiger partial charge in [-0.05, 0) is 20.3 Å². The SMILES string of the molecule is COC(=O)NC1CCN(C(C)C(=O)c2ccc(C)cc2)C1. The second-order valence-corrected chi connectivity index (χ2v) is 5.52. The maximum absolute atomic E-state index is 12.5. The van der Waals surface area contributed by atoms with Crippen molar-refractivity contribution in [2.45, 2.75) is 32.4 Å². The first-order chi connectivity index (χ1) is 10.0. The molecule has 0 saturated carbocycles. The van der Waals surface area contributed by atoms with Gasteiger partial charge in [-0.3, -0.25) is 9.69 Å². The number of alkyl carbamates (subject to hydrolysis) is 1. The fourth-order valence-corrected chi connectivity index (χ4v) is 2.61. The Morgan fingerprint density at radius 1 is 1.33 bits per heavy atom. The van der Waals surface area contributed by atoms with Crippen LogP contribution in [0.4, 0.5) is 4.79 Å². The lowest BCUT2D eigenvalue weighted by molar-refractivity contribution is 0.0864. The van der Waals surface area contributed by atoms with Gasteiger partial charge in [0.15, 0.2) is 5.78 Å². The molecule has 1 amide bonds. The molecule has 5 heteroatoms. The number of nitrogens with one attached hydrogen (secondary N) is 1. The molecular weight excluding hydrogens is 268 g/mol. The van der Waals surface area contributed by atoms with Crippen LogP contribution in [-0.2, 0) is 4.74 Å². The van der Waals surface area contributed by atoms with Gasteiger partial charge in [0.2, 0.25) is 0 Å². The summed E-state index contributed by atoms with van der Waals surface area (Å²) in [5, 5.41) is 2.79. The van der Waals surface area contributed by atoms with Crippen LogP contribution in [-0.4, -0.2) is 49.1 Å². The Morgan fingerprint density at radius 2 is 2.00 bits per heavy atom. The van der Waals surface area contributed by atoms with Crippen molar-refractivity contribution in [1.82, 2.24) is 10.2 Å². The highest BCUT2D eigenvalue weighted by molar-refractivity contribution is 5.99. The van der Waals surface area contributed by atoms with Gasteiger partial charge in [0, 0.05) is 24.7 Å². The maximum atomic E-state index is 12.5. The maximum Gasteiger partial charge on any atom is 0.407 e. The van der Waals surface area contributed by atoms with Crippen LogP contribution in [0.5, 0.6) is 0 Å². The van der Waals surface area contributed by atoms with Gasteiger partial charge in [-0.2, -0.15) is 0 Å². The minimum Gasteiger partial charge on any atom is -0.453 e. The van der Waals surface area contributed by atoms with Gasteiger partial charge in [-0.25, -0.2) is 4.79 Å². The van der Waals surface area contributed by atoms with E-state index in [9.17, 15) is 9.59 Å². The third-order valence-corrected chi connectivity index (χ3v) is 3.99. The molecule has 1 aliphatic heterocycles. The Kier molecular flexibility index (Phi) is 4.96. The topological polar surface area (TPSA) is 58.6 Å². The summed E-state index contributed by atoms with van der Waals surface area (Å²) in [6.07, 6.45) is 0.417. The lowest BCUT2D eigenvalue weighted by Gasteiger charge is -2.23. The molecule has 5 nitrogen and oxygen atoms in total. The van der Waals surface area contributed by atoms with Gasteiger partial charge in [0.1, 0.15) is 0 Å². The summed E-state index contributed by atoms with van der Waals surface area (Å²) in [6.45, 7) is 5.39. The van der Waals surface area contributed by atoms with Crippen LogP contribution >= 0.6 is 0 Å². The van der Waals surface area contributed by atoms with Crippen LogP contribution < -0.4 is 5.32 Å². The average molecular weight is 290 g/mol. The predicted molar refractivity (Wildman–Crippen MR) is 80.5 cm³/mol. The summed E-state index contributed by atoms with van der Waals surface area (Å²) in [6, 6.07) is 7.50. The number of hydrogen-bond donors (Lipinski definition) is 1. The molecule has 1 fully saturated rings. The smallest absolute Gasteiger partial charge is 0.407 e. The average Bonchev–Trinajstić information content (AvgIpc) is 2.94. The van der Waals surface area contributed by atoms with Gasteiger partial charge in [-0.1, -0.05) is 29.8 Å². The molecule has 2 unspecified atom stereocenters. The van der Waals surface area contributed by atoms with E-state index in [-0.39, 0.29) is 17.9 Å². The first-order valence-electron chi connectivity index (χ1n) is 7.20. The number of carbonyl (C=O) groups excluding carboxylic acids is 2. The van der Waals surface area contributed by atoms with Crippen molar-refractivity contribution in [1.29, 1.82) is 0 Å². The summed E-state index contributed by atoms with van der Waals surface area (Å²) >= 11 is 0. The standard InChI is InChI=1S/C16H22N2O3/c1-11-4-6-13(7-5-11)15(19)12(2)18-9-8-14(10-18)17-16(20)21-3/h4-7,12,14H,8-10H2,1-3H3,(H,17,20). The molecule has 2 rings (SSSR count). The first kappa shape index (κ1) is 15.5. The third kappa shape index (κ3) is 3.82. The fraction of sp³-hybridized carbons (Fsp3) is 0.500. The molecule has 1 heterocycles. The third-order valence-electron chi connectivity index (χ3n) is 3.99.